The molecular weight excluding hydrogens is 266 g/mol. The van der Waals surface area contributed by atoms with Gasteiger partial charge in [0.25, 0.3) is 0 Å². The summed E-state index contributed by atoms with van der Waals surface area (Å²) < 4.78 is 16.7. The summed E-state index contributed by atoms with van der Waals surface area (Å²) in [5, 5.41) is 3.51. The van der Waals surface area contributed by atoms with Crippen molar-refractivity contribution in [3.05, 3.63) is 29.8 Å². The highest BCUT2D eigenvalue weighted by molar-refractivity contribution is 5.29. The summed E-state index contributed by atoms with van der Waals surface area (Å²) in [6.07, 6.45) is 1.24. The fourth-order valence-corrected chi connectivity index (χ4v) is 2.68. The van der Waals surface area contributed by atoms with Crippen molar-refractivity contribution in [2.24, 2.45) is 5.92 Å². The van der Waals surface area contributed by atoms with Crippen LogP contribution in [-0.4, -0.2) is 39.6 Å². The van der Waals surface area contributed by atoms with Crippen molar-refractivity contribution in [3.8, 4) is 5.75 Å². The number of hydrogen-bond acceptors (Lipinski definition) is 4. The van der Waals surface area contributed by atoms with E-state index in [0.29, 0.717) is 5.92 Å². The average Bonchev–Trinajstić information content (AvgIpc) is 3.04. The molecule has 1 aliphatic rings. The Kier molecular flexibility index (Phi) is 6.49. The molecule has 0 aromatic heterocycles. The van der Waals surface area contributed by atoms with Gasteiger partial charge >= 0.3 is 0 Å². The van der Waals surface area contributed by atoms with Crippen molar-refractivity contribution in [2.75, 3.05) is 33.5 Å². The number of nitrogens with one attached hydrogen (secondary N) is 1. The minimum absolute atomic E-state index is 0.124. The van der Waals surface area contributed by atoms with E-state index >= 15 is 0 Å². The zero-order valence-corrected chi connectivity index (χ0v) is 13.3. The van der Waals surface area contributed by atoms with Gasteiger partial charge in [-0.15, -0.1) is 0 Å². The molecule has 0 radical (unpaired) electrons. The third kappa shape index (κ3) is 4.70. The van der Waals surface area contributed by atoms with Gasteiger partial charge < -0.3 is 19.5 Å². The van der Waals surface area contributed by atoms with Gasteiger partial charge in [-0.05, 0) is 37.6 Å². The van der Waals surface area contributed by atoms with Gasteiger partial charge in [0.1, 0.15) is 5.75 Å². The zero-order chi connectivity index (χ0) is 15.1. The molecule has 1 fully saturated rings. The second kappa shape index (κ2) is 8.37. The van der Waals surface area contributed by atoms with Crippen LogP contribution in [0.3, 0.4) is 0 Å². The number of benzene rings is 1. The standard InChI is InChI=1S/C17H27NO3/c1-4-18-17(15-5-7-16(19-3)8-6-15)13(2)21-12-14-9-10-20-11-14/h5-8,13-14,17-18H,4,9-12H2,1-3H3. The summed E-state index contributed by atoms with van der Waals surface area (Å²) in [6, 6.07) is 8.40. The minimum atomic E-state index is 0.124. The van der Waals surface area contributed by atoms with Crippen LogP contribution in [0.15, 0.2) is 24.3 Å². The second-order valence-corrected chi connectivity index (χ2v) is 5.58. The summed E-state index contributed by atoms with van der Waals surface area (Å²) in [5.74, 6) is 1.43. The highest BCUT2D eigenvalue weighted by Gasteiger charge is 2.22. The molecule has 3 atom stereocenters. The van der Waals surface area contributed by atoms with Gasteiger partial charge in [0, 0.05) is 12.5 Å². The number of methoxy groups -OCH3 is 1. The van der Waals surface area contributed by atoms with Gasteiger partial charge in [-0.25, -0.2) is 0 Å². The molecule has 0 spiro atoms. The molecule has 1 aromatic carbocycles. The van der Waals surface area contributed by atoms with Crippen molar-refractivity contribution in [1.82, 2.24) is 5.32 Å². The van der Waals surface area contributed by atoms with Gasteiger partial charge in [-0.1, -0.05) is 19.1 Å². The Balaban J connectivity index is 1.94. The Morgan fingerprint density at radius 3 is 2.67 bits per heavy atom. The van der Waals surface area contributed by atoms with Crippen LogP contribution in [0.2, 0.25) is 0 Å². The van der Waals surface area contributed by atoms with E-state index in [4.69, 9.17) is 14.2 Å². The van der Waals surface area contributed by atoms with Gasteiger partial charge in [0.15, 0.2) is 0 Å². The average molecular weight is 293 g/mol. The molecule has 0 bridgehead atoms. The molecule has 4 heteroatoms. The molecule has 0 aliphatic carbocycles. The summed E-state index contributed by atoms with van der Waals surface area (Å²) in [5.41, 5.74) is 1.23. The highest BCUT2D eigenvalue weighted by atomic mass is 16.5. The summed E-state index contributed by atoms with van der Waals surface area (Å²) in [6.45, 7) is 7.65. The van der Waals surface area contributed by atoms with E-state index in [-0.39, 0.29) is 12.1 Å². The molecule has 21 heavy (non-hydrogen) atoms. The Bertz CT molecular complexity index is 401. The molecule has 0 amide bonds. The first kappa shape index (κ1) is 16.3. The van der Waals surface area contributed by atoms with Crippen LogP contribution < -0.4 is 10.1 Å². The predicted molar refractivity (Wildman–Crippen MR) is 83.8 cm³/mol. The van der Waals surface area contributed by atoms with Crippen LogP contribution in [0.4, 0.5) is 0 Å². The van der Waals surface area contributed by atoms with Crippen molar-refractivity contribution < 1.29 is 14.2 Å². The van der Waals surface area contributed by atoms with E-state index in [1.165, 1.54) is 5.56 Å². The largest absolute Gasteiger partial charge is 0.497 e. The molecule has 1 aliphatic heterocycles. The van der Waals surface area contributed by atoms with Gasteiger partial charge in [-0.3, -0.25) is 0 Å². The monoisotopic (exact) mass is 293 g/mol. The number of ether oxygens (including phenoxy) is 3. The number of likely N-dealkylation sites (N-methyl/N-ethyl adjacent to an activating group) is 1. The SMILES string of the molecule is CCNC(c1ccc(OC)cc1)C(C)OCC1CCOC1. The molecule has 1 saturated heterocycles. The van der Waals surface area contributed by atoms with Gasteiger partial charge in [0.05, 0.1) is 32.5 Å². The van der Waals surface area contributed by atoms with Crippen molar-refractivity contribution in [3.63, 3.8) is 0 Å². The maximum absolute atomic E-state index is 6.08. The highest BCUT2D eigenvalue weighted by Crippen LogP contribution is 2.23. The fraction of sp³-hybridized carbons (Fsp3) is 0.647. The zero-order valence-electron chi connectivity index (χ0n) is 13.3. The van der Waals surface area contributed by atoms with E-state index in [0.717, 1.165) is 38.5 Å². The van der Waals surface area contributed by atoms with Crippen molar-refractivity contribution in [2.45, 2.75) is 32.4 Å². The Labute approximate surface area is 127 Å². The van der Waals surface area contributed by atoms with Gasteiger partial charge in [-0.2, -0.15) is 0 Å². The molecule has 2 rings (SSSR count). The van der Waals surface area contributed by atoms with Crippen molar-refractivity contribution >= 4 is 0 Å². The Morgan fingerprint density at radius 2 is 2.10 bits per heavy atom. The van der Waals surface area contributed by atoms with Gasteiger partial charge in [0.2, 0.25) is 0 Å². The second-order valence-electron chi connectivity index (χ2n) is 5.58. The smallest absolute Gasteiger partial charge is 0.118 e. The van der Waals surface area contributed by atoms with E-state index in [1.807, 2.05) is 12.1 Å². The molecular formula is C17H27NO3. The predicted octanol–water partition coefficient (Wildman–Crippen LogP) is 2.79. The summed E-state index contributed by atoms with van der Waals surface area (Å²) >= 11 is 0. The maximum Gasteiger partial charge on any atom is 0.118 e. The lowest BCUT2D eigenvalue weighted by Crippen LogP contribution is -2.33. The van der Waals surface area contributed by atoms with Crippen LogP contribution in [0, 0.1) is 5.92 Å². The maximum atomic E-state index is 6.08. The van der Waals surface area contributed by atoms with Crippen LogP contribution in [0.25, 0.3) is 0 Å². The van der Waals surface area contributed by atoms with Crippen LogP contribution in [-0.2, 0) is 9.47 Å². The Morgan fingerprint density at radius 1 is 1.33 bits per heavy atom. The van der Waals surface area contributed by atoms with Crippen LogP contribution in [0.1, 0.15) is 31.9 Å². The third-order valence-electron chi connectivity index (χ3n) is 3.99. The van der Waals surface area contributed by atoms with E-state index in [9.17, 15) is 0 Å². The van der Waals surface area contributed by atoms with Crippen molar-refractivity contribution in [1.29, 1.82) is 0 Å². The lowest BCUT2D eigenvalue weighted by Gasteiger charge is -2.26. The van der Waals surface area contributed by atoms with Crippen LogP contribution in [0.5, 0.6) is 5.75 Å². The lowest BCUT2D eigenvalue weighted by molar-refractivity contribution is 0.0147. The fourth-order valence-electron chi connectivity index (χ4n) is 2.68. The number of rotatable bonds is 8. The topological polar surface area (TPSA) is 39.7 Å². The molecule has 1 N–H and O–H groups in total. The number of hydrogen-bond donors (Lipinski definition) is 1. The molecule has 118 valence electrons. The molecule has 1 aromatic rings. The van der Waals surface area contributed by atoms with E-state index < -0.39 is 0 Å². The molecule has 1 heterocycles. The third-order valence-corrected chi connectivity index (χ3v) is 3.99. The summed E-state index contributed by atoms with van der Waals surface area (Å²) in [4.78, 5) is 0. The summed E-state index contributed by atoms with van der Waals surface area (Å²) in [7, 11) is 1.69. The molecule has 4 nitrogen and oxygen atoms in total. The first-order valence-electron chi connectivity index (χ1n) is 7.81. The molecule has 3 unspecified atom stereocenters. The normalized spacial score (nSPS) is 21.2. The first-order chi connectivity index (χ1) is 10.2. The van der Waals surface area contributed by atoms with E-state index in [1.54, 1.807) is 7.11 Å². The Hall–Kier alpha value is -1.10. The lowest BCUT2D eigenvalue weighted by atomic mass is 10.0. The first-order valence-corrected chi connectivity index (χ1v) is 7.81. The minimum Gasteiger partial charge on any atom is -0.497 e. The van der Waals surface area contributed by atoms with E-state index in [2.05, 4.69) is 31.3 Å². The van der Waals surface area contributed by atoms with Crippen LogP contribution >= 0.6 is 0 Å². The molecule has 0 saturated carbocycles. The quantitative estimate of drug-likeness (QED) is 0.800.